The molecule has 0 bridgehead atoms. The summed E-state index contributed by atoms with van der Waals surface area (Å²) < 4.78 is 5.46. The van der Waals surface area contributed by atoms with Crippen LogP contribution in [0.15, 0.2) is 45.5 Å². The molecule has 0 saturated heterocycles. The van der Waals surface area contributed by atoms with Crippen molar-refractivity contribution in [2.24, 2.45) is 0 Å². The molecule has 15 heavy (non-hydrogen) atoms. The van der Waals surface area contributed by atoms with Crippen LogP contribution in [0.3, 0.4) is 0 Å². The van der Waals surface area contributed by atoms with Crippen molar-refractivity contribution in [3.05, 3.63) is 35.9 Å². The monoisotopic (exact) mass is 236 g/mol. The highest BCUT2D eigenvalue weighted by atomic mass is 32.2. The zero-order valence-electron chi connectivity index (χ0n) is 7.84. The first-order chi connectivity index (χ1) is 7.40. The maximum atomic E-state index is 5.46. The molecule has 0 spiro atoms. The SMILES string of the molecule is C=C=CCSc1nnc(-c2cccs2)o1. The normalized spacial score (nSPS) is 9.87. The molecular weight excluding hydrogens is 228 g/mol. The summed E-state index contributed by atoms with van der Waals surface area (Å²) in [6.45, 7) is 3.48. The average Bonchev–Trinajstić information content (AvgIpc) is 2.87. The van der Waals surface area contributed by atoms with Crippen molar-refractivity contribution in [3.8, 4) is 10.8 Å². The molecule has 0 N–H and O–H groups in total. The first-order valence-corrected chi connectivity index (χ1v) is 6.11. The van der Waals surface area contributed by atoms with E-state index in [1.807, 2.05) is 23.6 Å². The van der Waals surface area contributed by atoms with Gasteiger partial charge >= 0.3 is 0 Å². The van der Waals surface area contributed by atoms with Crippen LogP contribution in [0.2, 0.25) is 0 Å². The molecule has 0 radical (unpaired) electrons. The van der Waals surface area contributed by atoms with Crippen molar-refractivity contribution >= 4 is 23.1 Å². The van der Waals surface area contributed by atoms with E-state index in [-0.39, 0.29) is 0 Å². The molecular formula is C10H8N2OS2. The Labute approximate surface area is 95.5 Å². The second-order valence-corrected chi connectivity index (χ2v) is 4.49. The maximum Gasteiger partial charge on any atom is 0.277 e. The van der Waals surface area contributed by atoms with Crippen LogP contribution < -0.4 is 0 Å². The van der Waals surface area contributed by atoms with Gasteiger partial charge in [-0.3, -0.25) is 0 Å². The fourth-order valence-electron chi connectivity index (χ4n) is 0.940. The molecule has 2 aromatic heterocycles. The van der Waals surface area contributed by atoms with E-state index in [4.69, 9.17) is 4.42 Å². The summed E-state index contributed by atoms with van der Waals surface area (Å²) >= 11 is 3.05. The van der Waals surface area contributed by atoms with E-state index >= 15 is 0 Å². The minimum atomic E-state index is 0.574. The Morgan fingerprint density at radius 2 is 2.53 bits per heavy atom. The highest BCUT2D eigenvalue weighted by Gasteiger charge is 2.08. The van der Waals surface area contributed by atoms with Gasteiger partial charge in [0.2, 0.25) is 0 Å². The number of thioether (sulfide) groups is 1. The molecule has 3 nitrogen and oxygen atoms in total. The Kier molecular flexibility index (Phi) is 3.40. The third kappa shape index (κ3) is 2.59. The Morgan fingerprint density at radius 3 is 3.27 bits per heavy atom. The largest absolute Gasteiger partial charge is 0.410 e. The van der Waals surface area contributed by atoms with Crippen molar-refractivity contribution in [2.75, 3.05) is 5.75 Å². The fraction of sp³-hybridized carbons (Fsp3) is 0.100. The highest BCUT2D eigenvalue weighted by Crippen LogP contribution is 2.26. The van der Waals surface area contributed by atoms with Crippen molar-refractivity contribution in [2.45, 2.75) is 5.22 Å². The number of hydrogen-bond donors (Lipinski definition) is 0. The van der Waals surface area contributed by atoms with Gasteiger partial charge in [-0.1, -0.05) is 24.4 Å². The van der Waals surface area contributed by atoms with Crippen molar-refractivity contribution in [3.63, 3.8) is 0 Å². The third-order valence-electron chi connectivity index (χ3n) is 1.57. The van der Waals surface area contributed by atoms with E-state index in [1.54, 1.807) is 11.3 Å². The number of thiophene rings is 1. The van der Waals surface area contributed by atoms with E-state index in [2.05, 4.69) is 22.5 Å². The van der Waals surface area contributed by atoms with Gasteiger partial charge in [0.1, 0.15) is 0 Å². The Hall–Kier alpha value is -1.29. The summed E-state index contributed by atoms with van der Waals surface area (Å²) in [5, 5.41) is 10.4. The molecule has 2 heterocycles. The number of rotatable bonds is 4. The predicted molar refractivity (Wildman–Crippen MR) is 62.0 cm³/mol. The molecule has 0 amide bonds. The van der Waals surface area contributed by atoms with Gasteiger partial charge in [0, 0.05) is 5.75 Å². The summed E-state index contributed by atoms with van der Waals surface area (Å²) in [5.41, 5.74) is 2.69. The molecule has 0 aromatic carbocycles. The van der Waals surface area contributed by atoms with Gasteiger partial charge < -0.3 is 4.42 Å². The van der Waals surface area contributed by atoms with Crippen molar-refractivity contribution in [1.29, 1.82) is 0 Å². The standard InChI is InChI=1S/C10H8N2OS2/c1-2-3-6-15-10-12-11-9(13-10)8-5-4-7-14-8/h3-5,7H,1,6H2. The first-order valence-electron chi connectivity index (χ1n) is 4.24. The van der Waals surface area contributed by atoms with E-state index in [0.717, 1.165) is 10.6 Å². The van der Waals surface area contributed by atoms with Gasteiger partial charge in [-0.25, -0.2) is 0 Å². The smallest absolute Gasteiger partial charge is 0.277 e. The summed E-state index contributed by atoms with van der Waals surface area (Å²) in [4.78, 5) is 0.994. The molecule has 76 valence electrons. The summed E-state index contributed by atoms with van der Waals surface area (Å²) in [6, 6.07) is 3.91. The second-order valence-electron chi connectivity index (χ2n) is 2.57. The van der Waals surface area contributed by atoms with Crippen molar-refractivity contribution < 1.29 is 4.42 Å². The minimum absolute atomic E-state index is 0.574. The highest BCUT2D eigenvalue weighted by molar-refractivity contribution is 7.99. The predicted octanol–water partition coefficient (Wildman–Crippen LogP) is 3.23. The Morgan fingerprint density at radius 1 is 1.60 bits per heavy atom. The zero-order chi connectivity index (χ0) is 10.5. The quantitative estimate of drug-likeness (QED) is 0.603. The van der Waals surface area contributed by atoms with Crippen LogP contribution in [0.25, 0.3) is 10.8 Å². The molecule has 5 heteroatoms. The molecule has 2 aromatic rings. The van der Waals surface area contributed by atoms with Gasteiger partial charge in [0.15, 0.2) is 0 Å². The third-order valence-corrected chi connectivity index (χ3v) is 3.18. The van der Waals surface area contributed by atoms with Crippen LogP contribution in [-0.2, 0) is 0 Å². The topological polar surface area (TPSA) is 38.9 Å². The number of hydrogen-bond acceptors (Lipinski definition) is 5. The van der Waals surface area contributed by atoms with Crippen molar-refractivity contribution in [1.82, 2.24) is 10.2 Å². The minimum Gasteiger partial charge on any atom is -0.410 e. The van der Waals surface area contributed by atoms with Gasteiger partial charge in [-0.2, -0.15) is 0 Å². The van der Waals surface area contributed by atoms with E-state index in [1.165, 1.54) is 11.8 Å². The second kappa shape index (κ2) is 4.98. The summed E-state index contributed by atoms with van der Waals surface area (Å²) in [6.07, 6.45) is 1.82. The molecule has 0 fully saturated rings. The Balaban J connectivity index is 2.07. The van der Waals surface area contributed by atoms with Gasteiger partial charge in [-0.05, 0) is 17.5 Å². The van der Waals surface area contributed by atoms with Gasteiger partial charge in [0.05, 0.1) is 4.88 Å². The van der Waals surface area contributed by atoms with Crippen LogP contribution in [0.5, 0.6) is 0 Å². The lowest BCUT2D eigenvalue weighted by Crippen LogP contribution is -1.72. The Bertz CT molecular complexity index is 469. The lowest BCUT2D eigenvalue weighted by molar-refractivity contribution is 0.467. The van der Waals surface area contributed by atoms with E-state index in [9.17, 15) is 0 Å². The van der Waals surface area contributed by atoms with E-state index in [0.29, 0.717) is 11.1 Å². The molecule has 0 unspecified atom stereocenters. The average molecular weight is 236 g/mol. The van der Waals surface area contributed by atoms with Crippen LogP contribution in [0.4, 0.5) is 0 Å². The van der Waals surface area contributed by atoms with Crippen LogP contribution >= 0.6 is 23.1 Å². The molecule has 2 rings (SSSR count). The lowest BCUT2D eigenvalue weighted by atomic mass is 10.5. The lowest BCUT2D eigenvalue weighted by Gasteiger charge is -1.87. The summed E-state index contributed by atoms with van der Waals surface area (Å²) in [5.74, 6) is 1.32. The number of aromatic nitrogens is 2. The number of nitrogens with zero attached hydrogens (tertiary/aromatic N) is 2. The molecule has 0 atom stereocenters. The van der Waals surface area contributed by atoms with Gasteiger partial charge in [0.25, 0.3) is 11.1 Å². The fourth-order valence-corrected chi connectivity index (χ4v) is 2.16. The molecule has 0 aliphatic carbocycles. The van der Waals surface area contributed by atoms with Crippen LogP contribution in [-0.4, -0.2) is 16.0 Å². The van der Waals surface area contributed by atoms with Crippen LogP contribution in [0.1, 0.15) is 0 Å². The summed E-state index contributed by atoms with van der Waals surface area (Å²) in [7, 11) is 0. The van der Waals surface area contributed by atoms with Crippen LogP contribution in [0, 0.1) is 0 Å². The zero-order valence-corrected chi connectivity index (χ0v) is 9.48. The van der Waals surface area contributed by atoms with Gasteiger partial charge in [-0.15, -0.1) is 27.3 Å². The first kappa shape index (κ1) is 10.2. The van der Waals surface area contributed by atoms with E-state index < -0.39 is 0 Å². The molecule has 0 saturated carbocycles. The maximum absolute atomic E-state index is 5.46. The molecule has 0 aliphatic rings. The molecule has 0 aliphatic heterocycles.